The predicted octanol–water partition coefficient (Wildman–Crippen LogP) is 3.69. The third-order valence-corrected chi connectivity index (χ3v) is 3.73. The predicted molar refractivity (Wildman–Crippen MR) is 95.6 cm³/mol. The molecule has 6 heteroatoms. The Kier molecular flexibility index (Phi) is 5.30. The summed E-state index contributed by atoms with van der Waals surface area (Å²) in [5, 5.41) is 8.21. The molecule has 0 amide bonds. The zero-order chi connectivity index (χ0) is 17.6. The molecule has 1 aromatic heterocycles. The van der Waals surface area contributed by atoms with E-state index in [4.69, 9.17) is 15.2 Å². The average molecular weight is 338 g/mol. The minimum atomic E-state index is -0.203. The van der Waals surface area contributed by atoms with Gasteiger partial charge < -0.3 is 15.2 Å². The number of benzene rings is 2. The van der Waals surface area contributed by atoms with Gasteiger partial charge in [0.25, 0.3) is 0 Å². The molecule has 0 radical (unpaired) electrons. The largest absolute Gasteiger partial charge is 0.489 e. The molecular weight excluding hydrogens is 316 g/mol. The standard InChI is InChI=1S/C19H22N4O2/c1-3-23-18(14(2)20)21-22-19(23)25-17-11-7-10-16(12-17)24-13-15-8-5-4-6-9-15/h4-12,14H,3,13,20H2,1-2H3. The molecule has 0 bridgehead atoms. The highest BCUT2D eigenvalue weighted by Crippen LogP contribution is 2.26. The van der Waals surface area contributed by atoms with Gasteiger partial charge in [0.2, 0.25) is 0 Å². The number of ether oxygens (including phenoxy) is 2. The van der Waals surface area contributed by atoms with Crippen molar-refractivity contribution in [1.29, 1.82) is 0 Å². The lowest BCUT2D eigenvalue weighted by Crippen LogP contribution is -2.13. The molecule has 0 fully saturated rings. The van der Waals surface area contributed by atoms with Crippen LogP contribution in [-0.4, -0.2) is 14.8 Å². The van der Waals surface area contributed by atoms with Gasteiger partial charge in [0.15, 0.2) is 5.82 Å². The molecule has 0 saturated heterocycles. The Balaban J connectivity index is 1.72. The Morgan fingerprint density at radius 1 is 1.04 bits per heavy atom. The number of rotatable bonds is 7. The van der Waals surface area contributed by atoms with E-state index < -0.39 is 0 Å². The highest BCUT2D eigenvalue weighted by atomic mass is 16.5. The van der Waals surface area contributed by atoms with Gasteiger partial charge in [-0.15, -0.1) is 5.10 Å². The monoisotopic (exact) mass is 338 g/mol. The maximum atomic E-state index is 5.92. The van der Waals surface area contributed by atoms with Gasteiger partial charge >= 0.3 is 6.01 Å². The van der Waals surface area contributed by atoms with Crippen molar-refractivity contribution in [1.82, 2.24) is 14.8 Å². The average Bonchev–Trinajstić information content (AvgIpc) is 3.04. The minimum absolute atomic E-state index is 0.203. The van der Waals surface area contributed by atoms with Gasteiger partial charge in [-0.25, -0.2) is 0 Å². The quantitative estimate of drug-likeness (QED) is 0.711. The Morgan fingerprint density at radius 3 is 2.52 bits per heavy atom. The zero-order valence-corrected chi connectivity index (χ0v) is 14.4. The fourth-order valence-corrected chi connectivity index (χ4v) is 2.48. The van der Waals surface area contributed by atoms with Crippen LogP contribution >= 0.6 is 0 Å². The Bertz CT molecular complexity index is 815. The summed E-state index contributed by atoms with van der Waals surface area (Å²) in [5.74, 6) is 2.08. The van der Waals surface area contributed by atoms with Crippen molar-refractivity contribution in [2.24, 2.45) is 5.73 Å². The zero-order valence-electron chi connectivity index (χ0n) is 14.4. The van der Waals surface area contributed by atoms with Crippen molar-refractivity contribution in [3.05, 3.63) is 66.0 Å². The van der Waals surface area contributed by atoms with Crippen LogP contribution in [0.25, 0.3) is 0 Å². The number of hydrogen-bond donors (Lipinski definition) is 1. The van der Waals surface area contributed by atoms with E-state index >= 15 is 0 Å². The van der Waals surface area contributed by atoms with E-state index in [1.165, 1.54) is 0 Å². The molecule has 0 aliphatic rings. The van der Waals surface area contributed by atoms with Crippen molar-refractivity contribution in [2.45, 2.75) is 33.0 Å². The van der Waals surface area contributed by atoms with E-state index in [9.17, 15) is 0 Å². The van der Waals surface area contributed by atoms with Crippen LogP contribution in [0.2, 0.25) is 0 Å². The Morgan fingerprint density at radius 2 is 1.80 bits per heavy atom. The van der Waals surface area contributed by atoms with Gasteiger partial charge in [-0.2, -0.15) is 0 Å². The first kappa shape index (κ1) is 17.0. The normalized spacial score (nSPS) is 12.0. The van der Waals surface area contributed by atoms with E-state index in [-0.39, 0.29) is 6.04 Å². The fraction of sp³-hybridized carbons (Fsp3) is 0.263. The first-order chi connectivity index (χ1) is 12.2. The molecule has 1 atom stereocenters. The Hall–Kier alpha value is -2.86. The molecule has 1 heterocycles. The van der Waals surface area contributed by atoms with Crippen LogP contribution in [0.3, 0.4) is 0 Å². The molecule has 3 rings (SSSR count). The second kappa shape index (κ2) is 7.81. The lowest BCUT2D eigenvalue weighted by Gasteiger charge is -2.11. The van der Waals surface area contributed by atoms with Crippen LogP contribution in [0.1, 0.15) is 31.3 Å². The van der Waals surface area contributed by atoms with E-state index in [0.717, 1.165) is 11.3 Å². The van der Waals surface area contributed by atoms with Crippen LogP contribution in [0.4, 0.5) is 0 Å². The van der Waals surface area contributed by atoms with Crippen LogP contribution in [-0.2, 0) is 13.2 Å². The summed E-state index contributed by atoms with van der Waals surface area (Å²) in [6.07, 6.45) is 0. The highest BCUT2D eigenvalue weighted by Gasteiger charge is 2.15. The van der Waals surface area contributed by atoms with Gasteiger partial charge in [0.05, 0.1) is 6.04 Å². The molecule has 130 valence electrons. The summed E-state index contributed by atoms with van der Waals surface area (Å²) < 4.78 is 13.6. The van der Waals surface area contributed by atoms with Crippen molar-refractivity contribution in [3.63, 3.8) is 0 Å². The highest BCUT2D eigenvalue weighted by molar-refractivity contribution is 5.34. The van der Waals surface area contributed by atoms with Gasteiger partial charge in [-0.3, -0.25) is 4.57 Å². The van der Waals surface area contributed by atoms with E-state index in [2.05, 4.69) is 10.2 Å². The molecule has 0 saturated carbocycles. The molecule has 6 nitrogen and oxygen atoms in total. The molecule has 2 N–H and O–H groups in total. The molecule has 1 unspecified atom stereocenters. The molecular formula is C19H22N4O2. The van der Waals surface area contributed by atoms with Crippen molar-refractivity contribution in [2.75, 3.05) is 0 Å². The van der Waals surface area contributed by atoms with Gasteiger partial charge in [0, 0.05) is 12.6 Å². The first-order valence-corrected chi connectivity index (χ1v) is 8.30. The van der Waals surface area contributed by atoms with Gasteiger partial charge in [0.1, 0.15) is 18.1 Å². The second-order valence-electron chi connectivity index (χ2n) is 5.72. The molecule has 2 aromatic carbocycles. The molecule has 0 aliphatic carbocycles. The summed E-state index contributed by atoms with van der Waals surface area (Å²) >= 11 is 0. The summed E-state index contributed by atoms with van der Waals surface area (Å²) in [6, 6.07) is 17.7. The van der Waals surface area contributed by atoms with Crippen LogP contribution in [0, 0.1) is 0 Å². The topological polar surface area (TPSA) is 75.2 Å². The summed E-state index contributed by atoms with van der Waals surface area (Å²) in [6.45, 7) is 5.06. The number of nitrogens with two attached hydrogens (primary N) is 1. The van der Waals surface area contributed by atoms with Gasteiger partial charge in [-0.05, 0) is 31.5 Å². The van der Waals surface area contributed by atoms with Crippen molar-refractivity contribution in [3.8, 4) is 17.5 Å². The van der Waals surface area contributed by atoms with Gasteiger partial charge in [-0.1, -0.05) is 41.5 Å². The number of aromatic nitrogens is 3. The van der Waals surface area contributed by atoms with Crippen molar-refractivity contribution >= 4 is 0 Å². The third-order valence-electron chi connectivity index (χ3n) is 3.73. The smallest absolute Gasteiger partial charge is 0.322 e. The van der Waals surface area contributed by atoms with Crippen LogP contribution in [0.15, 0.2) is 54.6 Å². The van der Waals surface area contributed by atoms with E-state index in [0.29, 0.717) is 30.7 Å². The lowest BCUT2D eigenvalue weighted by atomic mass is 10.2. The second-order valence-corrected chi connectivity index (χ2v) is 5.72. The summed E-state index contributed by atoms with van der Waals surface area (Å²) in [5.41, 5.74) is 7.03. The molecule has 25 heavy (non-hydrogen) atoms. The number of hydrogen-bond acceptors (Lipinski definition) is 5. The molecule has 0 spiro atoms. The third kappa shape index (κ3) is 4.16. The van der Waals surface area contributed by atoms with E-state index in [1.54, 1.807) is 0 Å². The molecule has 0 aliphatic heterocycles. The summed E-state index contributed by atoms with van der Waals surface area (Å²) in [4.78, 5) is 0. The van der Waals surface area contributed by atoms with Crippen molar-refractivity contribution < 1.29 is 9.47 Å². The van der Waals surface area contributed by atoms with Crippen LogP contribution < -0.4 is 15.2 Å². The maximum absolute atomic E-state index is 5.92. The van der Waals surface area contributed by atoms with E-state index in [1.807, 2.05) is 73.0 Å². The van der Waals surface area contributed by atoms with Crippen LogP contribution in [0.5, 0.6) is 17.5 Å². The fourth-order valence-electron chi connectivity index (χ4n) is 2.48. The summed E-state index contributed by atoms with van der Waals surface area (Å²) in [7, 11) is 0. The first-order valence-electron chi connectivity index (χ1n) is 8.30. The lowest BCUT2D eigenvalue weighted by molar-refractivity contribution is 0.304. The SMILES string of the molecule is CCn1c(Oc2cccc(OCc3ccccc3)c2)nnc1C(C)N. The minimum Gasteiger partial charge on any atom is -0.489 e. The maximum Gasteiger partial charge on any atom is 0.322 e. The Labute approximate surface area is 147 Å². The molecule has 3 aromatic rings. The number of nitrogens with zero attached hydrogens (tertiary/aromatic N) is 3.